The first-order valence-corrected chi connectivity index (χ1v) is 37.9. The number of hydrogen-bond acceptors (Lipinski definition) is 22. The molecule has 0 aliphatic carbocycles. The number of aromatic nitrogens is 5. The minimum atomic E-state index is -0.428. The summed E-state index contributed by atoms with van der Waals surface area (Å²) in [6.07, 6.45) is 13.1. The van der Waals surface area contributed by atoms with Crippen LogP contribution in [0.4, 0.5) is 0 Å². The van der Waals surface area contributed by atoms with E-state index >= 15 is 0 Å². The second-order valence-corrected chi connectivity index (χ2v) is 28.4. The van der Waals surface area contributed by atoms with Crippen molar-refractivity contribution in [1.82, 2.24) is 24.1 Å². The number of ketones is 2. The number of benzene rings is 7. The molecule has 8 fully saturated rings. The maximum Gasteiger partial charge on any atom is 0.338 e. The number of nitrogens with zero attached hydrogens (tertiary/aromatic N) is 5. The van der Waals surface area contributed by atoms with Gasteiger partial charge in [0.2, 0.25) is 0 Å². The Labute approximate surface area is 648 Å². The number of allylic oxidation sites excluding steroid dienone is 2. The number of rotatable bonds is 36. The fourth-order valence-corrected chi connectivity index (χ4v) is 11.9. The third-order valence-electron chi connectivity index (χ3n) is 19.2. The number of Topliss-reactive ketones (excluding diaryl/α,β-unsaturated/α-hetero) is 2. The van der Waals surface area contributed by atoms with Crippen LogP contribution in [-0.2, 0) is 91.1 Å². The van der Waals surface area contributed by atoms with Gasteiger partial charge in [-0.05, 0) is 118 Å². The van der Waals surface area contributed by atoms with Crippen LogP contribution >= 0.6 is 0 Å². The summed E-state index contributed by atoms with van der Waals surface area (Å²) < 4.78 is 71.3. The van der Waals surface area contributed by atoms with Crippen LogP contribution in [0, 0.1) is 6.92 Å². The minimum Gasteiger partial charge on any atom is -0.460 e. The molecule has 24 heteroatoms. The van der Waals surface area contributed by atoms with Crippen LogP contribution in [0.5, 0.6) is 12.0 Å². The Bertz CT molecular complexity index is 4650. The first-order chi connectivity index (χ1) is 54.7. The van der Waals surface area contributed by atoms with E-state index in [-0.39, 0.29) is 104 Å². The van der Waals surface area contributed by atoms with Gasteiger partial charge in [0.1, 0.15) is 75.3 Å². The highest BCUT2D eigenvalue weighted by Gasteiger charge is 2.30. The van der Waals surface area contributed by atoms with Crippen LogP contribution in [0.25, 0.3) is 6.08 Å². The predicted molar refractivity (Wildman–Crippen MR) is 411 cm³/mol. The molecule has 9 aromatic rings. The van der Waals surface area contributed by atoms with E-state index in [9.17, 15) is 28.8 Å². The molecule has 0 spiro atoms. The lowest BCUT2D eigenvalue weighted by Crippen LogP contribution is -2.41. The number of unbranched alkanes of at least 4 members (excludes halogenated alkanes) is 2. The number of esters is 2. The number of carbonyl (C=O) groups is 4. The first-order valence-electron chi connectivity index (χ1n) is 37.9. The van der Waals surface area contributed by atoms with Crippen LogP contribution in [0.3, 0.4) is 0 Å². The topological polar surface area (TPSA) is 297 Å². The molecule has 0 bridgehead atoms. The molecule has 8 saturated heterocycles. The lowest BCUT2D eigenvalue weighted by Gasteiger charge is -2.12. The fourth-order valence-electron chi connectivity index (χ4n) is 11.9. The summed E-state index contributed by atoms with van der Waals surface area (Å²) in [5.41, 5.74) is 12.6. The SMILES string of the molecule is C=C/C=C\c1nc(OCC2CO2)nc(OCC2CO2)n1.Cc1cn(Cc2ccc(C3CO3)cc2)c(=O)n(Cc2ccc(C3CO3)cc2)c1=O.O=C(Cc1ccc(C(=O)OCC2CO2)cc1)c1cccc(C(=O)Cc2ccc(C(=O)OCC3CO3)cc2)c1.c1cc(C2CO2)ccc1CCCCCOCc1ccc(C2CO2)cc1. The number of epoxide rings is 8. The average molecular weight is 1520 g/mol. The van der Waals surface area contributed by atoms with Crippen molar-refractivity contribution in [3.8, 4) is 12.0 Å². The molecule has 17 rings (SSSR count). The lowest BCUT2D eigenvalue weighted by molar-refractivity contribution is 0.0468. The quantitative estimate of drug-likeness (QED) is 0.0116. The molecule has 0 amide bonds. The van der Waals surface area contributed by atoms with Gasteiger partial charge in [-0.15, -0.1) is 4.98 Å². The van der Waals surface area contributed by atoms with Gasteiger partial charge in [0.25, 0.3) is 5.56 Å². The Kier molecular flexibility index (Phi) is 26.4. The number of hydrogen-bond donors (Lipinski definition) is 0. The smallest absolute Gasteiger partial charge is 0.338 e. The molecule has 0 N–H and O–H groups in total. The summed E-state index contributed by atoms with van der Waals surface area (Å²) in [6, 6.07) is 54.0. The normalized spacial score (nSPS) is 20.0. The predicted octanol–water partition coefficient (Wildman–Crippen LogP) is 11.6. The van der Waals surface area contributed by atoms with Crippen molar-refractivity contribution in [3.63, 3.8) is 0 Å². The zero-order valence-electron chi connectivity index (χ0n) is 62.4. The Morgan fingerprint density at radius 3 is 1.30 bits per heavy atom. The van der Waals surface area contributed by atoms with Crippen LogP contribution < -0.4 is 20.7 Å². The molecule has 8 atom stereocenters. The third-order valence-corrected chi connectivity index (χ3v) is 19.2. The minimum absolute atomic E-state index is 0.00218. The van der Waals surface area contributed by atoms with Gasteiger partial charge in [-0.25, -0.2) is 14.4 Å². The molecule has 0 radical (unpaired) electrons. The van der Waals surface area contributed by atoms with Crippen molar-refractivity contribution < 1.29 is 80.8 Å². The summed E-state index contributed by atoms with van der Waals surface area (Å²) in [7, 11) is 0. The van der Waals surface area contributed by atoms with Crippen LogP contribution in [0.2, 0.25) is 0 Å². The highest BCUT2D eigenvalue weighted by Crippen LogP contribution is 2.33. The monoisotopic (exact) mass is 1520 g/mol. The van der Waals surface area contributed by atoms with Gasteiger partial charge in [0.05, 0.1) is 83.7 Å². The van der Waals surface area contributed by atoms with E-state index in [1.807, 2.05) is 48.5 Å². The molecule has 0 saturated carbocycles. The summed E-state index contributed by atoms with van der Waals surface area (Å²) in [5, 5.41) is 0. The Balaban J connectivity index is 0.000000127. The summed E-state index contributed by atoms with van der Waals surface area (Å²) >= 11 is 0. The summed E-state index contributed by atoms with van der Waals surface area (Å²) in [6.45, 7) is 14.9. The standard InChI is InChI=1S/C30H26O8.C23H22N2O4.C22H26O3.C13H15N3O4/c31-27(12-19-4-8-21(9-5-19)29(33)37-17-25-15-35-25)23-2-1-3-24(14-23)28(32)13-20-6-10-22(11-7-20)30(34)38-18-26-16-36-26;1-15-10-24(11-16-2-6-18(7-3-16)20-13-28-20)23(27)25(22(15)26)12-17-4-8-19(9-5-17)21-14-29-21;1(2-4-17-5-9-19(10-6-17)21-15-24-21)3-13-23-14-18-7-11-20(12-8-18)22-16-25-22;1-2-3-4-11-14-12(19-7-9-5-17-9)16-13(15-11)20-8-10-6-18-10/h1-11,14,25-26H,12-13,15-18H2;2-10,20-21H,11-14H2,1H3;5-12,21-22H,1-4,13-16H2;2-4,9-10H,1,5-8H2/b;;;4-3-. The van der Waals surface area contributed by atoms with Gasteiger partial charge in [-0.2, -0.15) is 9.97 Å². The van der Waals surface area contributed by atoms with E-state index in [1.54, 1.807) is 109 Å². The molecule has 2 aromatic heterocycles. The van der Waals surface area contributed by atoms with E-state index in [2.05, 4.69) is 70.1 Å². The van der Waals surface area contributed by atoms with Gasteiger partial charge in [0.15, 0.2) is 17.4 Å². The van der Waals surface area contributed by atoms with Crippen molar-refractivity contribution >= 4 is 29.6 Å². The maximum absolute atomic E-state index is 13.0. The van der Waals surface area contributed by atoms with Gasteiger partial charge in [-0.1, -0.05) is 165 Å². The lowest BCUT2D eigenvalue weighted by atomic mass is 9.97. The Hall–Kier alpha value is -10.8. The van der Waals surface area contributed by atoms with E-state index in [1.165, 1.54) is 39.7 Å². The molecule has 8 aliphatic rings. The summed E-state index contributed by atoms with van der Waals surface area (Å²) in [4.78, 5) is 88.0. The highest BCUT2D eigenvalue weighted by atomic mass is 16.6. The Morgan fingerprint density at radius 1 is 0.464 bits per heavy atom. The second kappa shape index (κ2) is 38.0. The molecule has 7 aromatic carbocycles. The third kappa shape index (κ3) is 24.6. The van der Waals surface area contributed by atoms with Gasteiger partial charge in [-0.3, -0.25) is 23.5 Å². The van der Waals surface area contributed by atoms with Gasteiger partial charge >= 0.3 is 29.6 Å². The molecule has 10 heterocycles. The summed E-state index contributed by atoms with van der Waals surface area (Å²) in [5.74, 6) is -0.676. The van der Waals surface area contributed by atoms with E-state index in [4.69, 9.17) is 61.6 Å². The Morgan fingerprint density at radius 2 is 0.875 bits per heavy atom. The molecule has 24 nitrogen and oxygen atoms in total. The number of aryl methyl sites for hydroxylation is 2. The first kappa shape index (κ1) is 77.9. The molecular formula is C88H89N5O19. The van der Waals surface area contributed by atoms with Crippen LogP contribution in [0.15, 0.2) is 204 Å². The van der Waals surface area contributed by atoms with Gasteiger partial charge in [0, 0.05) is 42.3 Å². The van der Waals surface area contributed by atoms with Crippen molar-refractivity contribution in [3.05, 3.63) is 305 Å². The van der Waals surface area contributed by atoms with Crippen molar-refractivity contribution in [1.29, 1.82) is 0 Å². The van der Waals surface area contributed by atoms with Crippen LogP contribution in [0.1, 0.15) is 152 Å². The molecular weight excluding hydrogens is 1430 g/mol. The van der Waals surface area contributed by atoms with Crippen molar-refractivity contribution in [2.75, 3.05) is 85.9 Å². The fraction of sp³-hybridized carbons (Fsp3) is 0.352. The largest absolute Gasteiger partial charge is 0.460 e. The van der Waals surface area contributed by atoms with E-state index < -0.39 is 11.9 Å². The average Bonchev–Trinajstić information content (AvgIpc) is 1.74. The number of carbonyl (C=O) groups excluding carboxylic acids is 4. The maximum atomic E-state index is 13.0. The number of ether oxygens (including phenoxy) is 13. The molecule has 8 aliphatic heterocycles. The zero-order chi connectivity index (χ0) is 77.1. The molecule has 112 heavy (non-hydrogen) atoms. The highest BCUT2D eigenvalue weighted by molar-refractivity contribution is 6.03. The van der Waals surface area contributed by atoms with Gasteiger partial charge < -0.3 is 61.6 Å². The molecule has 580 valence electrons. The van der Waals surface area contributed by atoms with Crippen molar-refractivity contribution in [2.24, 2.45) is 0 Å². The van der Waals surface area contributed by atoms with E-state index in [0.29, 0.717) is 85.4 Å². The molecule has 8 unspecified atom stereocenters. The van der Waals surface area contributed by atoms with E-state index in [0.717, 1.165) is 92.5 Å². The van der Waals surface area contributed by atoms with Crippen LogP contribution in [-0.4, -0.2) is 158 Å². The van der Waals surface area contributed by atoms with Crippen molar-refractivity contribution in [2.45, 2.75) is 114 Å². The zero-order valence-corrected chi connectivity index (χ0v) is 62.4. The second-order valence-electron chi connectivity index (χ2n) is 28.4.